The summed E-state index contributed by atoms with van der Waals surface area (Å²) >= 11 is 1.31. The molecule has 0 aromatic carbocycles. The zero-order valence-electron chi connectivity index (χ0n) is 8.80. The van der Waals surface area contributed by atoms with Crippen molar-refractivity contribution in [1.82, 2.24) is 14.9 Å². The number of rotatable bonds is 4. The number of anilines is 1. The summed E-state index contributed by atoms with van der Waals surface area (Å²) in [5, 5.41) is 0.607. The van der Waals surface area contributed by atoms with Crippen LogP contribution in [0, 0.1) is 0 Å². The minimum atomic E-state index is 0.0625. The van der Waals surface area contributed by atoms with Crippen molar-refractivity contribution in [3.63, 3.8) is 0 Å². The fraction of sp³-hybridized carbons (Fsp3) is 0.444. The monoisotopic (exact) mass is 226 g/mol. The number of aromatic nitrogens is 2. The fourth-order valence-electron chi connectivity index (χ4n) is 0.864. The molecule has 1 amide bonds. The second-order valence-electron chi connectivity index (χ2n) is 2.94. The predicted molar refractivity (Wildman–Crippen MR) is 60.5 cm³/mol. The SMILES string of the molecule is CCN(C)C(=O)CSc1nccnc1N. The second-order valence-corrected chi connectivity index (χ2v) is 3.91. The summed E-state index contributed by atoms with van der Waals surface area (Å²) < 4.78 is 0. The Morgan fingerprint density at radius 2 is 2.20 bits per heavy atom. The van der Waals surface area contributed by atoms with Crippen molar-refractivity contribution >= 4 is 23.5 Å². The number of nitrogen functional groups attached to an aromatic ring is 1. The molecule has 0 fully saturated rings. The molecule has 1 rings (SSSR count). The highest BCUT2D eigenvalue weighted by Crippen LogP contribution is 2.19. The molecule has 82 valence electrons. The molecule has 0 atom stereocenters. The van der Waals surface area contributed by atoms with E-state index in [0.29, 0.717) is 23.1 Å². The first-order valence-corrected chi connectivity index (χ1v) is 5.57. The van der Waals surface area contributed by atoms with Crippen LogP contribution in [0.25, 0.3) is 0 Å². The Bertz CT molecular complexity index is 345. The summed E-state index contributed by atoms with van der Waals surface area (Å²) in [6.07, 6.45) is 3.09. The Labute approximate surface area is 93.1 Å². The number of carbonyl (C=O) groups is 1. The van der Waals surface area contributed by atoms with E-state index in [1.807, 2.05) is 6.92 Å². The smallest absolute Gasteiger partial charge is 0.232 e. The minimum Gasteiger partial charge on any atom is -0.381 e. The molecule has 0 radical (unpaired) electrons. The van der Waals surface area contributed by atoms with Crippen LogP contribution in [0.5, 0.6) is 0 Å². The number of hydrogen-bond donors (Lipinski definition) is 1. The molecule has 1 aromatic heterocycles. The molecular weight excluding hydrogens is 212 g/mol. The topological polar surface area (TPSA) is 72.1 Å². The first-order valence-electron chi connectivity index (χ1n) is 4.58. The number of nitrogens with zero attached hydrogens (tertiary/aromatic N) is 3. The average molecular weight is 226 g/mol. The molecule has 0 aliphatic rings. The number of hydrogen-bond acceptors (Lipinski definition) is 5. The van der Waals surface area contributed by atoms with Crippen LogP contribution in [0.3, 0.4) is 0 Å². The van der Waals surface area contributed by atoms with Crippen molar-refractivity contribution in [1.29, 1.82) is 0 Å². The van der Waals surface area contributed by atoms with E-state index in [4.69, 9.17) is 5.73 Å². The molecule has 6 heteroatoms. The normalized spacial score (nSPS) is 10.0. The Morgan fingerprint density at radius 3 is 2.80 bits per heavy atom. The molecule has 0 saturated carbocycles. The maximum Gasteiger partial charge on any atom is 0.232 e. The number of thioether (sulfide) groups is 1. The van der Waals surface area contributed by atoms with Crippen LogP contribution in [-0.4, -0.2) is 40.1 Å². The molecular formula is C9H14N4OS. The van der Waals surface area contributed by atoms with Crippen molar-refractivity contribution in [2.24, 2.45) is 0 Å². The van der Waals surface area contributed by atoms with E-state index in [1.54, 1.807) is 18.1 Å². The summed E-state index contributed by atoms with van der Waals surface area (Å²) in [5.74, 6) is 0.773. The van der Waals surface area contributed by atoms with Gasteiger partial charge in [0.25, 0.3) is 0 Å². The van der Waals surface area contributed by atoms with Gasteiger partial charge in [0.05, 0.1) is 5.75 Å². The standard InChI is InChI=1S/C9H14N4OS/c1-3-13(2)7(14)6-15-9-8(10)11-4-5-12-9/h4-5H,3,6H2,1-2H3,(H2,10,11). The number of nitrogens with two attached hydrogens (primary N) is 1. The van der Waals surface area contributed by atoms with Crippen LogP contribution in [0.2, 0.25) is 0 Å². The molecule has 0 aliphatic carbocycles. The van der Waals surface area contributed by atoms with Gasteiger partial charge in [-0.1, -0.05) is 11.8 Å². The molecule has 0 unspecified atom stereocenters. The zero-order valence-corrected chi connectivity index (χ0v) is 9.62. The van der Waals surface area contributed by atoms with E-state index in [2.05, 4.69) is 9.97 Å². The third kappa shape index (κ3) is 3.39. The van der Waals surface area contributed by atoms with E-state index in [1.165, 1.54) is 18.0 Å². The molecule has 0 aliphatic heterocycles. The number of amides is 1. The second kappa shape index (κ2) is 5.55. The highest BCUT2D eigenvalue weighted by Gasteiger charge is 2.09. The van der Waals surface area contributed by atoms with E-state index in [0.717, 1.165) is 0 Å². The summed E-state index contributed by atoms with van der Waals surface area (Å²) in [7, 11) is 1.77. The van der Waals surface area contributed by atoms with E-state index < -0.39 is 0 Å². The fourth-order valence-corrected chi connectivity index (χ4v) is 1.68. The Morgan fingerprint density at radius 1 is 1.53 bits per heavy atom. The van der Waals surface area contributed by atoms with Crippen LogP contribution in [0.1, 0.15) is 6.92 Å². The predicted octanol–water partition coefficient (Wildman–Crippen LogP) is 0.629. The van der Waals surface area contributed by atoms with Gasteiger partial charge in [-0.05, 0) is 6.92 Å². The maximum atomic E-state index is 11.5. The summed E-state index contributed by atoms with van der Waals surface area (Å²) in [5.41, 5.74) is 5.60. The molecule has 1 aromatic rings. The van der Waals surface area contributed by atoms with Crippen molar-refractivity contribution < 1.29 is 4.79 Å². The van der Waals surface area contributed by atoms with Crippen molar-refractivity contribution in [3.05, 3.63) is 12.4 Å². The van der Waals surface area contributed by atoms with Gasteiger partial charge in [-0.2, -0.15) is 0 Å². The Hall–Kier alpha value is -1.30. The lowest BCUT2D eigenvalue weighted by atomic mass is 10.5. The van der Waals surface area contributed by atoms with Crippen molar-refractivity contribution in [2.45, 2.75) is 11.9 Å². The quantitative estimate of drug-likeness (QED) is 0.762. The first-order chi connectivity index (χ1) is 7.15. The molecule has 0 spiro atoms. The van der Waals surface area contributed by atoms with Crippen LogP contribution in [-0.2, 0) is 4.79 Å². The lowest BCUT2D eigenvalue weighted by Gasteiger charge is -2.13. The van der Waals surface area contributed by atoms with Crippen LogP contribution < -0.4 is 5.73 Å². The largest absolute Gasteiger partial charge is 0.381 e. The van der Waals surface area contributed by atoms with Gasteiger partial charge in [0, 0.05) is 26.0 Å². The number of carbonyl (C=O) groups excluding carboxylic acids is 1. The summed E-state index contributed by atoms with van der Waals surface area (Å²) in [6, 6.07) is 0. The lowest BCUT2D eigenvalue weighted by Crippen LogP contribution is -2.27. The summed E-state index contributed by atoms with van der Waals surface area (Å²) in [6.45, 7) is 2.63. The molecule has 1 heterocycles. The van der Waals surface area contributed by atoms with Gasteiger partial charge in [-0.15, -0.1) is 0 Å². The van der Waals surface area contributed by atoms with Crippen molar-refractivity contribution in [3.8, 4) is 0 Å². The third-order valence-corrected chi connectivity index (χ3v) is 2.90. The van der Waals surface area contributed by atoms with Crippen LogP contribution in [0.15, 0.2) is 17.4 Å². The summed E-state index contributed by atoms with van der Waals surface area (Å²) in [4.78, 5) is 21.1. The molecule has 0 bridgehead atoms. The van der Waals surface area contributed by atoms with Gasteiger partial charge in [-0.3, -0.25) is 4.79 Å². The molecule has 0 saturated heterocycles. The first kappa shape index (κ1) is 11.8. The molecule has 2 N–H and O–H groups in total. The van der Waals surface area contributed by atoms with Crippen LogP contribution in [0.4, 0.5) is 5.82 Å². The Kier molecular flexibility index (Phi) is 4.36. The van der Waals surface area contributed by atoms with Gasteiger partial charge in [0.15, 0.2) is 5.82 Å². The molecule has 15 heavy (non-hydrogen) atoms. The minimum absolute atomic E-state index is 0.0625. The van der Waals surface area contributed by atoms with E-state index in [9.17, 15) is 4.79 Å². The van der Waals surface area contributed by atoms with Gasteiger partial charge in [0.2, 0.25) is 5.91 Å². The lowest BCUT2D eigenvalue weighted by molar-refractivity contribution is -0.126. The Balaban J connectivity index is 2.51. The third-order valence-electron chi connectivity index (χ3n) is 1.92. The van der Waals surface area contributed by atoms with Gasteiger partial charge >= 0.3 is 0 Å². The van der Waals surface area contributed by atoms with E-state index >= 15 is 0 Å². The molecule has 5 nitrogen and oxygen atoms in total. The van der Waals surface area contributed by atoms with E-state index in [-0.39, 0.29) is 5.91 Å². The zero-order chi connectivity index (χ0) is 11.3. The van der Waals surface area contributed by atoms with Gasteiger partial charge < -0.3 is 10.6 Å². The van der Waals surface area contributed by atoms with Gasteiger partial charge in [0.1, 0.15) is 5.03 Å². The average Bonchev–Trinajstić information content (AvgIpc) is 2.26. The highest BCUT2D eigenvalue weighted by atomic mass is 32.2. The highest BCUT2D eigenvalue weighted by molar-refractivity contribution is 8.00. The van der Waals surface area contributed by atoms with Gasteiger partial charge in [-0.25, -0.2) is 9.97 Å². The maximum absolute atomic E-state index is 11.5. The van der Waals surface area contributed by atoms with Crippen molar-refractivity contribution in [2.75, 3.05) is 25.1 Å². The van der Waals surface area contributed by atoms with Crippen LogP contribution >= 0.6 is 11.8 Å².